The van der Waals surface area contributed by atoms with Gasteiger partial charge >= 0.3 is 0 Å². The van der Waals surface area contributed by atoms with Gasteiger partial charge in [0.2, 0.25) is 0 Å². The molecule has 0 bridgehead atoms. The maximum Gasteiger partial charge on any atom is 0.191 e. The molecule has 0 amide bonds. The molecule has 6 nitrogen and oxygen atoms in total. The number of piperidine rings is 1. The van der Waals surface area contributed by atoms with Crippen molar-refractivity contribution in [3.63, 3.8) is 0 Å². The fraction of sp³-hybridized carbons (Fsp3) is 0.792. The largest absolute Gasteiger partial charge is 0.357 e. The van der Waals surface area contributed by atoms with Crippen LogP contribution in [0, 0.1) is 11.8 Å². The number of hydrogen-bond donors (Lipinski definition) is 2. The van der Waals surface area contributed by atoms with Crippen LogP contribution in [0.3, 0.4) is 0 Å². The van der Waals surface area contributed by atoms with Crippen LogP contribution in [0.25, 0.3) is 0 Å². The van der Waals surface area contributed by atoms with Gasteiger partial charge in [-0.05, 0) is 63.2 Å². The van der Waals surface area contributed by atoms with Gasteiger partial charge in [0.1, 0.15) is 0 Å². The minimum atomic E-state index is 0.518. The normalized spacial score (nSPS) is 25.5. The summed E-state index contributed by atoms with van der Waals surface area (Å²) in [5.41, 5.74) is 0. The van der Waals surface area contributed by atoms with Crippen molar-refractivity contribution in [1.82, 2.24) is 25.3 Å². The number of thiophene rings is 1. The summed E-state index contributed by atoms with van der Waals surface area (Å²) >= 11 is 1.89. The van der Waals surface area contributed by atoms with E-state index in [0.717, 1.165) is 32.1 Å². The van der Waals surface area contributed by atoms with E-state index in [0.29, 0.717) is 17.9 Å². The van der Waals surface area contributed by atoms with Gasteiger partial charge in [0.25, 0.3) is 0 Å². The second-order valence-electron chi connectivity index (χ2n) is 9.28. The molecule has 2 fully saturated rings. The van der Waals surface area contributed by atoms with Gasteiger partial charge in [0.05, 0.1) is 0 Å². The molecule has 3 rings (SSSR count). The molecule has 0 radical (unpaired) electrons. The molecule has 31 heavy (non-hydrogen) atoms. The summed E-state index contributed by atoms with van der Waals surface area (Å²) < 4.78 is 0. The van der Waals surface area contributed by atoms with Gasteiger partial charge in [0, 0.05) is 63.3 Å². The molecule has 1 aromatic heterocycles. The molecule has 0 saturated carbocycles. The van der Waals surface area contributed by atoms with Crippen molar-refractivity contribution in [3.8, 4) is 0 Å². The van der Waals surface area contributed by atoms with Gasteiger partial charge in [0.15, 0.2) is 5.96 Å². The van der Waals surface area contributed by atoms with E-state index in [9.17, 15) is 0 Å². The van der Waals surface area contributed by atoms with Crippen molar-refractivity contribution in [2.75, 3.05) is 72.5 Å². The smallest absolute Gasteiger partial charge is 0.191 e. The third kappa shape index (κ3) is 7.45. The van der Waals surface area contributed by atoms with Gasteiger partial charge in [-0.3, -0.25) is 9.89 Å². The lowest BCUT2D eigenvalue weighted by atomic mass is 9.88. The molecule has 7 heteroatoms. The third-order valence-corrected chi connectivity index (χ3v) is 7.70. The molecule has 3 unspecified atom stereocenters. The number of piperazine rings is 1. The minimum Gasteiger partial charge on any atom is -0.357 e. The zero-order valence-corrected chi connectivity index (χ0v) is 21.0. The lowest BCUT2D eigenvalue weighted by Crippen LogP contribution is -2.47. The molecule has 2 aliphatic rings. The lowest BCUT2D eigenvalue weighted by Gasteiger charge is -2.39. The molecule has 0 spiro atoms. The van der Waals surface area contributed by atoms with Gasteiger partial charge in [-0.15, -0.1) is 11.3 Å². The summed E-state index contributed by atoms with van der Waals surface area (Å²) in [6.07, 6.45) is 2.56. The molecule has 2 N–H and O–H groups in total. The second-order valence-corrected chi connectivity index (χ2v) is 10.3. The Bertz CT molecular complexity index is 641. The number of nitrogens with zero attached hydrogens (tertiary/aromatic N) is 4. The number of likely N-dealkylation sites (N-methyl/N-ethyl adjacent to an activating group) is 1. The van der Waals surface area contributed by atoms with Crippen LogP contribution in [0.5, 0.6) is 0 Å². The summed E-state index contributed by atoms with van der Waals surface area (Å²) in [5, 5.41) is 9.34. The van der Waals surface area contributed by atoms with Crippen molar-refractivity contribution < 1.29 is 0 Å². The monoisotopic (exact) mass is 448 g/mol. The highest BCUT2D eigenvalue weighted by molar-refractivity contribution is 7.10. The van der Waals surface area contributed by atoms with Crippen molar-refractivity contribution in [2.45, 2.75) is 39.7 Å². The first kappa shape index (κ1) is 24.5. The summed E-state index contributed by atoms with van der Waals surface area (Å²) in [6, 6.07) is 5.00. The fourth-order valence-corrected chi connectivity index (χ4v) is 5.97. The van der Waals surface area contributed by atoms with Crippen LogP contribution in [0.1, 0.15) is 44.5 Å². The average molecular weight is 449 g/mol. The highest BCUT2D eigenvalue weighted by Crippen LogP contribution is 2.36. The van der Waals surface area contributed by atoms with E-state index in [2.05, 4.69) is 70.7 Å². The Morgan fingerprint density at radius 2 is 1.94 bits per heavy atom. The van der Waals surface area contributed by atoms with Crippen LogP contribution in [0.15, 0.2) is 22.5 Å². The number of aliphatic imine (C=N–C) groups is 1. The molecule has 1 aromatic rings. The van der Waals surface area contributed by atoms with Crippen LogP contribution < -0.4 is 10.6 Å². The maximum absolute atomic E-state index is 4.95. The Balaban J connectivity index is 1.49. The van der Waals surface area contributed by atoms with Crippen LogP contribution >= 0.6 is 11.3 Å². The Morgan fingerprint density at radius 3 is 2.61 bits per heavy atom. The van der Waals surface area contributed by atoms with E-state index in [4.69, 9.17) is 4.99 Å². The second kappa shape index (κ2) is 12.8. The molecular formula is C24H44N6S. The van der Waals surface area contributed by atoms with E-state index >= 15 is 0 Å². The first-order chi connectivity index (χ1) is 15.1. The van der Waals surface area contributed by atoms with Crippen molar-refractivity contribution in [1.29, 1.82) is 0 Å². The predicted molar refractivity (Wildman–Crippen MR) is 134 cm³/mol. The molecular weight excluding hydrogens is 404 g/mol. The molecule has 3 atom stereocenters. The first-order valence-corrected chi connectivity index (χ1v) is 13.2. The van der Waals surface area contributed by atoms with Crippen molar-refractivity contribution in [2.24, 2.45) is 16.8 Å². The van der Waals surface area contributed by atoms with Crippen LogP contribution in [0.4, 0.5) is 0 Å². The Kier molecular flexibility index (Phi) is 10.1. The molecule has 2 saturated heterocycles. The number of nitrogens with one attached hydrogen (secondary N) is 2. The van der Waals surface area contributed by atoms with Crippen LogP contribution in [-0.2, 0) is 0 Å². The van der Waals surface area contributed by atoms with Gasteiger partial charge < -0.3 is 20.4 Å². The topological polar surface area (TPSA) is 46.1 Å². The molecule has 0 aromatic carbocycles. The first-order valence-electron chi connectivity index (χ1n) is 12.3. The van der Waals surface area contributed by atoms with Crippen LogP contribution in [-0.4, -0.2) is 93.2 Å². The van der Waals surface area contributed by atoms with E-state index in [1.165, 1.54) is 57.0 Å². The Hall–Kier alpha value is -1.15. The van der Waals surface area contributed by atoms with E-state index in [1.54, 1.807) is 0 Å². The standard InChI is InChI=1S/C24H44N6S/c1-5-25-24(26-17-20(3)19-30-14-12-29(6-2)13-15-30)27-18-21-9-7-11-28(4)23(21)22-10-8-16-31-22/h8,10,16,20-21,23H,5-7,9,11-15,17-19H2,1-4H3,(H2,25,26,27). The molecule has 2 aliphatic heterocycles. The van der Waals surface area contributed by atoms with Gasteiger partial charge in [-0.1, -0.05) is 19.9 Å². The third-order valence-electron chi connectivity index (χ3n) is 6.76. The van der Waals surface area contributed by atoms with Crippen LogP contribution in [0.2, 0.25) is 0 Å². The molecule has 3 heterocycles. The van der Waals surface area contributed by atoms with Gasteiger partial charge in [-0.25, -0.2) is 0 Å². The summed E-state index contributed by atoms with van der Waals surface area (Å²) in [5.74, 6) is 2.17. The average Bonchev–Trinajstić information content (AvgIpc) is 3.30. The Morgan fingerprint density at radius 1 is 1.16 bits per heavy atom. The SMILES string of the molecule is CCNC(=NCC(C)CN1CCN(CC)CC1)NCC1CCCN(C)C1c1cccs1. The van der Waals surface area contributed by atoms with E-state index < -0.39 is 0 Å². The zero-order valence-electron chi connectivity index (χ0n) is 20.1. The summed E-state index contributed by atoms with van der Waals surface area (Å²) in [7, 11) is 2.28. The molecule has 176 valence electrons. The van der Waals surface area contributed by atoms with Crippen molar-refractivity contribution >= 4 is 17.3 Å². The highest BCUT2D eigenvalue weighted by Gasteiger charge is 2.31. The van der Waals surface area contributed by atoms with Crippen molar-refractivity contribution in [3.05, 3.63) is 22.4 Å². The lowest BCUT2D eigenvalue weighted by molar-refractivity contribution is 0.124. The number of guanidine groups is 1. The highest BCUT2D eigenvalue weighted by atomic mass is 32.1. The van der Waals surface area contributed by atoms with E-state index in [1.807, 2.05) is 11.3 Å². The van der Waals surface area contributed by atoms with Gasteiger partial charge in [-0.2, -0.15) is 0 Å². The molecule has 0 aliphatic carbocycles. The summed E-state index contributed by atoms with van der Waals surface area (Å²) in [6.45, 7) is 17.8. The zero-order chi connectivity index (χ0) is 22.1. The fourth-order valence-electron chi connectivity index (χ4n) is 4.99. The summed E-state index contributed by atoms with van der Waals surface area (Å²) in [4.78, 5) is 14.1. The van der Waals surface area contributed by atoms with E-state index in [-0.39, 0.29) is 0 Å². The maximum atomic E-state index is 4.95. The number of likely N-dealkylation sites (tertiary alicyclic amines) is 1. The number of hydrogen-bond acceptors (Lipinski definition) is 5. The quantitative estimate of drug-likeness (QED) is 0.449. The Labute approximate surface area is 194 Å². The minimum absolute atomic E-state index is 0.518. The number of rotatable bonds is 9. The predicted octanol–water partition coefficient (Wildman–Crippen LogP) is 2.96.